The highest BCUT2D eigenvalue weighted by Crippen LogP contribution is 2.28. The molecule has 0 radical (unpaired) electrons. The fourth-order valence-electron chi connectivity index (χ4n) is 2.41. The van der Waals surface area contributed by atoms with Gasteiger partial charge >= 0.3 is 0 Å². The average molecular weight is 266 g/mol. The van der Waals surface area contributed by atoms with Crippen molar-refractivity contribution in [3.63, 3.8) is 0 Å². The number of rotatable bonds is 4. The summed E-state index contributed by atoms with van der Waals surface area (Å²) in [5, 5.41) is 3.18. The lowest BCUT2D eigenvalue weighted by Gasteiger charge is -2.05. The maximum Gasteiger partial charge on any atom is 0.227 e. The van der Waals surface area contributed by atoms with E-state index in [1.807, 2.05) is 25.2 Å². The smallest absolute Gasteiger partial charge is 0.227 e. The minimum atomic E-state index is 0.709. The summed E-state index contributed by atoms with van der Waals surface area (Å²) < 4.78 is 5.92. The maximum absolute atomic E-state index is 5.92. The second-order valence-electron chi connectivity index (χ2n) is 4.95. The number of fused-ring (bicyclic) bond motifs is 1. The molecule has 1 heterocycles. The standard InChI is InChI=1S/C17H18N2O/c1-12-6-5-9-15-16(12)19-17(20-15)14-8-4-3-7-13(14)10-11-18-2/h3-9,18H,10-11H2,1-2H3. The average Bonchev–Trinajstić information content (AvgIpc) is 2.91. The molecule has 0 saturated heterocycles. The van der Waals surface area contributed by atoms with Crippen molar-refractivity contribution in [2.45, 2.75) is 13.3 Å². The zero-order valence-corrected chi connectivity index (χ0v) is 11.8. The number of benzene rings is 2. The zero-order chi connectivity index (χ0) is 13.9. The fraction of sp³-hybridized carbons (Fsp3) is 0.235. The fourth-order valence-corrected chi connectivity index (χ4v) is 2.41. The number of hydrogen-bond acceptors (Lipinski definition) is 3. The predicted octanol–water partition coefficient (Wildman–Crippen LogP) is 3.57. The second kappa shape index (κ2) is 5.47. The number of aromatic nitrogens is 1. The van der Waals surface area contributed by atoms with E-state index < -0.39 is 0 Å². The lowest BCUT2D eigenvalue weighted by atomic mass is 10.0. The Morgan fingerprint density at radius 2 is 1.95 bits per heavy atom. The minimum absolute atomic E-state index is 0.709. The molecule has 3 nitrogen and oxygen atoms in total. The van der Waals surface area contributed by atoms with Crippen LogP contribution in [-0.4, -0.2) is 18.6 Å². The van der Waals surface area contributed by atoms with E-state index in [0.717, 1.165) is 35.2 Å². The molecule has 102 valence electrons. The Kier molecular flexibility index (Phi) is 3.52. The minimum Gasteiger partial charge on any atom is -0.436 e. The highest BCUT2D eigenvalue weighted by Gasteiger charge is 2.12. The first-order valence-electron chi connectivity index (χ1n) is 6.88. The Hall–Kier alpha value is -2.13. The van der Waals surface area contributed by atoms with Crippen LogP contribution >= 0.6 is 0 Å². The number of oxazole rings is 1. The Balaban J connectivity index is 2.08. The topological polar surface area (TPSA) is 38.1 Å². The first kappa shape index (κ1) is 12.9. The van der Waals surface area contributed by atoms with E-state index in [0.29, 0.717) is 5.89 Å². The molecule has 0 aliphatic carbocycles. The van der Waals surface area contributed by atoms with Crippen LogP contribution < -0.4 is 5.32 Å². The third kappa shape index (κ3) is 2.32. The normalized spacial score (nSPS) is 11.1. The van der Waals surface area contributed by atoms with E-state index in [-0.39, 0.29) is 0 Å². The SMILES string of the molecule is CNCCc1ccccc1-c1nc2c(C)cccc2o1. The van der Waals surface area contributed by atoms with Gasteiger partial charge in [0.15, 0.2) is 5.58 Å². The predicted molar refractivity (Wildman–Crippen MR) is 81.8 cm³/mol. The van der Waals surface area contributed by atoms with Gasteiger partial charge in [-0.3, -0.25) is 0 Å². The van der Waals surface area contributed by atoms with Gasteiger partial charge in [0.05, 0.1) is 0 Å². The molecule has 1 N–H and O–H groups in total. The summed E-state index contributed by atoms with van der Waals surface area (Å²) in [5.41, 5.74) is 5.28. The molecule has 0 aliphatic rings. The second-order valence-corrected chi connectivity index (χ2v) is 4.95. The van der Waals surface area contributed by atoms with Crippen LogP contribution in [0.4, 0.5) is 0 Å². The van der Waals surface area contributed by atoms with Gasteiger partial charge in [0.2, 0.25) is 5.89 Å². The van der Waals surface area contributed by atoms with Crippen molar-refractivity contribution < 1.29 is 4.42 Å². The summed E-state index contributed by atoms with van der Waals surface area (Å²) >= 11 is 0. The molecule has 3 aromatic rings. The zero-order valence-electron chi connectivity index (χ0n) is 11.8. The van der Waals surface area contributed by atoms with Gasteiger partial charge in [-0.2, -0.15) is 0 Å². The van der Waals surface area contributed by atoms with E-state index in [1.165, 1.54) is 5.56 Å². The molecule has 0 atom stereocenters. The first-order valence-corrected chi connectivity index (χ1v) is 6.88. The van der Waals surface area contributed by atoms with Gasteiger partial charge in [-0.25, -0.2) is 4.98 Å². The monoisotopic (exact) mass is 266 g/mol. The summed E-state index contributed by atoms with van der Waals surface area (Å²) in [6.45, 7) is 3.00. The van der Waals surface area contributed by atoms with Crippen LogP contribution in [0.3, 0.4) is 0 Å². The van der Waals surface area contributed by atoms with Crippen molar-refractivity contribution in [2.75, 3.05) is 13.6 Å². The number of nitrogens with one attached hydrogen (secondary N) is 1. The highest BCUT2D eigenvalue weighted by atomic mass is 16.3. The number of para-hydroxylation sites is 1. The Labute approximate surface area is 118 Å². The third-order valence-corrected chi connectivity index (χ3v) is 3.51. The summed E-state index contributed by atoms with van der Waals surface area (Å²) in [4.78, 5) is 4.66. The van der Waals surface area contributed by atoms with Gasteiger partial charge in [-0.1, -0.05) is 30.3 Å². The molecular weight excluding hydrogens is 248 g/mol. The maximum atomic E-state index is 5.92. The van der Waals surface area contributed by atoms with Gasteiger partial charge in [-0.15, -0.1) is 0 Å². The molecule has 0 fully saturated rings. The molecule has 3 rings (SSSR count). The summed E-state index contributed by atoms with van der Waals surface area (Å²) in [5.74, 6) is 0.709. The van der Waals surface area contributed by atoms with E-state index in [2.05, 4.69) is 41.5 Å². The molecule has 2 aromatic carbocycles. The van der Waals surface area contributed by atoms with Gasteiger partial charge in [0.25, 0.3) is 0 Å². The van der Waals surface area contributed by atoms with Crippen molar-refractivity contribution in [1.29, 1.82) is 0 Å². The number of likely N-dealkylation sites (N-methyl/N-ethyl adjacent to an activating group) is 1. The molecule has 20 heavy (non-hydrogen) atoms. The molecule has 3 heteroatoms. The molecule has 1 aromatic heterocycles. The molecule has 0 unspecified atom stereocenters. The number of nitrogens with zero attached hydrogens (tertiary/aromatic N) is 1. The van der Waals surface area contributed by atoms with E-state index in [4.69, 9.17) is 4.42 Å². The lowest BCUT2D eigenvalue weighted by molar-refractivity contribution is 0.618. The lowest BCUT2D eigenvalue weighted by Crippen LogP contribution is -2.10. The summed E-state index contributed by atoms with van der Waals surface area (Å²) in [6, 6.07) is 14.3. The van der Waals surface area contributed by atoms with Crippen LogP contribution in [0.15, 0.2) is 46.9 Å². The molecule has 0 amide bonds. The Bertz CT molecular complexity index is 731. The van der Waals surface area contributed by atoms with Crippen molar-refractivity contribution >= 4 is 11.1 Å². The highest BCUT2D eigenvalue weighted by molar-refractivity contribution is 5.79. The van der Waals surface area contributed by atoms with Crippen LogP contribution in [0.5, 0.6) is 0 Å². The molecule has 0 aliphatic heterocycles. The number of aryl methyl sites for hydroxylation is 1. The van der Waals surface area contributed by atoms with Gasteiger partial charge in [0, 0.05) is 5.56 Å². The van der Waals surface area contributed by atoms with Gasteiger partial charge < -0.3 is 9.73 Å². The van der Waals surface area contributed by atoms with Gasteiger partial charge in [0.1, 0.15) is 5.52 Å². The van der Waals surface area contributed by atoms with Crippen molar-refractivity contribution in [1.82, 2.24) is 10.3 Å². The van der Waals surface area contributed by atoms with Crippen molar-refractivity contribution in [2.24, 2.45) is 0 Å². The van der Waals surface area contributed by atoms with Crippen LogP contribution in [0, 0.1) is 6.92 Å². The molecule has 0 spiro atoms. The van der Waals surface area contributed by atoms with E-state index in [9.17, 15) is 0 Å². The quantitative estimate of drug-likeness (QED) is 0.784. The van der Waals surface area contributed by atoms with Gasteiger partial charge in [-0.05, 0) is 50.2 Å². The molecule has 0 saturated carbocycles. The van der Waals surface area contributed by atoms with E-state index >= 15 is 0 Å². The Morgan fingerprint density at radius 3 is 2.75 bits per heavy atom. The van der Waals surface area contributed by atoms with E-state index in [1.54, 1.807) is 0 Å². The molecule has 0 bridgehead atoms. The first-order chi connectivity index (χ1) is 9.79. The summed E-state index contributed by atoms with van der Waals surface area (Å²) in [7, 11) is 1.96. The van der Waals surface area contributed by atoms with Crippen molar-refractivity contribution in [3.05, 3.63) is 53.6 Å². The summed E-state index contributed by atoms with van der Waals surface area (Å²) in [6.07, 6.45) is 0.963. The third-order valence-electron chi connectivity index (χ3n) is 3.51. The van der Waals surface area contributed by atoms with Crippen LogP contribution in [0.1, 0.15) is 11.1 Å². The van der Waals surface area contributed by atoms with Crippen LogP contribution in [0.25, 0.3) is 22.6 Å². The van der Waals surface area contributed by atoms with Crippen LogP contribution in [0.2, 0.25) is 0 Å². The van der Waals surface area contributed by atoms with Crippen LogP contribution in [-0.2, 0) is 6.42 Å². The molecular formula is C17H18N2O. The Morgan fingerprint density at radius 1 is 1.10 bits per heavy atom. The van der Waals surface area contributed by atoms with Crippen molar-refractivity contribution in [3.8, 4) is 11.5 Å². The largest absolute Gasteiger partial charge is 0.436 e. The number of hydrogen-bond donors (Lipinski definition) is 1.